The molecule has 2 N–H and O–H groups in total. The molecule has 0 aliphatic rings. The van der Waals surface area contributed by atoms with Crippen molar-refractivity contribution in [2.45, 2.75) is 59.4 Å². The predicted octanol–water partition coefficient (Wildman–Crippen LogP) is 2.71. The molecule has 0 saturated heterocycles. The van der Waals surface area contributed by atoms with Crippen LogP contribution < -0.4 is 5.32 Å². The van der Waals surface area contributed by atoms with E-state index in [1.165, 1.54) is 0 Å². The van der Waals surface area contributed by atoms with Gasteiger partial charge in [-0.1, -0.05) is 13.8 Å². The summed E-state index contributed by atoms with van der Waals surface area (Å²) in [6, 6.07) is 0.173. The molecule has 0 fully saturated rings. The highest BCUT2D eigenvalue weighted by atomic mass is 16.4. The van der Waals surface area contributed by atoms with Gasteiger partial charge in [-0.25, -0.2) is 4.79 Å². The van der Waals surface area contributed by atoms with Gasteiger partial charge in [0.25, 0.3) is 0 Å². The fourth-order valence-corrected chi connectivity index (χ4v) is 1.88. The van der Waals surface area contributed by atoms with Crippen LogP contribution in [0.4, 0.5) is 4.79 Å². The molecule has 5 heteroatoms. The van der Waals surface area contributed by atoms with Crippen molar-refractivity contribution in [1.29, 1.82) is 0 Å². The van der Waals surface area contributed by atoms with E-state index in [1.807, 2.05) is 25.7 Å². The molecule has 0 aromatic rings. The zero-order chi connectivity index (χ0) is 14.8. The average Bonchev–Trinajstić information content (AvgIpc) is 2.32. The Kier molecular flexibility index (Phi) is 9.00. The number of nitrogens with zero attached hydrogens (tertiary/aromatic N) is 1. The summed E-state index contributed by atoms with van der Waals surface area (Å²) in [7, 11) is 0. The number of urea groups is 1. The van der Waals surface area contributed by atoms with Gasteiger partial charge in [0.2, 0.25) is 0 Å². The molecule has 0 rings (SSSR count). The number of carboxylic acids is 1. The maximum absolute atomic E-state index is 11.9. The van der Waals surface area contributed by atoms with Gasteiger partial charge in [0.1, 0.15) is 0 Å². The third-order valence-electron chi connectivity index (χ3n) is 3.11. The Morgan fingerprint density at radius 2 is 1.84 bits per heavy atom. The van der Waals surface area contributed by atoms with E-state index < -0.39 is 5.97 Å². The van der Waals surface area contributed by atoms with Gasteiger partial charge in [-0.05, 0) is 39.0 Å². The van der Waals surface area contributed by atoms with E-state index in [0.29, 0.717) is 18.9 Å². The van der Waals surface area contributed by atoms with E-state index in [9.17, 15) is 9.59 Å². The summed E-state index contributed by atoms with van der Waals surface area (Å²) < 4.78 is 0. The van der Waals surface area contributed by atoms with Gasteiger partial charge < -0.3 is 15.3 Å². The van der Waals surface area contributed by atoms with Crippen LogP contribution in [0, 0.1) is 5.92 Å². The second-order valence-electron chi connectivity index (χ2n) is 5.35. The molecule has 0 bridgehead atoms. The molecule has 0 aromatic heterocycles. The van der Waals surface area contributed by atoms with E-state index >= 15 is 0 Å². The van der Waals surface area contributed by atoms with Gasteiger partial charge in [0.05, 0.1) is 0 Å². The fourth-order valence-electron chi connectivity index (χ4n) is 1.88. The van der Waals surface area contributed by atoms with Crippen molar-refractivity contribution in [3.05, 3.63) is 0 Å². The Hall–Kier alpha value is -1.26. The Bertz CT molecular complexity index is 280. The lowest BCUT2D eigenvalue weighted by molar-refractivity contribution is -0.137. The van der Waals surface area contributed by atoms with Gasteiger partial charge in [0.15, 0.2) is 0 Å². The standard InChI is InChI=1S/C14H28N2O3/c1-5-10-16(11(2)3)14(19)15-9-8-12(4)6-7-13(17)18/h11-12H,5-10H2,1-4H3,(H,15,19)(H,17,18). The Labute approximate surface area is 116 Å². The lowest BCUT2D eigenvalue weighted by Crippen LogP contribution is -2.44. The average molecular weight is 272 g/mol. The molecule has 0 aliphatic carbocycles. The van der Waals surface area contributed by atoms with Gasteiger partial charge >= 0.3 is 12.0 Å². The number of nitrogens with one attached hydrogen (secondary N) is 1. The Morgan fingerprint density at radius 1 is 1.21 bits per heavy atom. The Morgan fingerprint density at radius 3 is 2.32 bits per heavy atom. The SMILES string of the molecule is CCCN(C(=O)NCCC(C)CCC(=O)O)C(C)C. The molecule has 2 amide bonds. The summed E-state index contributed by atoms with van der Waals surface area (Å²) in [4.78, 5) is 24.2. The zero-order valence-corrected chi connectivity index (χ0v) is 12.6. The van der Waals surface area contributed by atoms with Crippen LogP contribution in [-0.4, -0.2) is 41.1 Å². The molecular formula is C14H28N2O3. The quantitative estimate of drug-likeness (QED) is 0.678. The summed E-state index contributed by atoms with van der Waals surface area (Å²) >= 11 is 0. The molecule has 0 aliphatic heterocycles. The van der Waals surface area contributed by atoms with Crippen LogP contribution in [0.5, 0.6) is 0 Å². The minimum Gasteiger partial charge on any atom is -0.481 e. The molecule has 19 heavy (non-hydrogen) atoms. The monoisotopic (exact) mass is 272 g/mol. The van der Waals surface area contributed by atoms with Crippen LogP contribution >= 0.6 is 0 Å². The molecule has 0 saturated carbocycles. The molecule has 112 valence electrons. The first-order valence-corrected chi connectivity index (χ1v) is 7.14. The summed E-state index contributed by atoms with van der Waals surface area (Å²) in [5.41, 5.74) is 0. The number of carboxylic acid groups (broad SMARTS) is 1. The van der Waals surface area contributed by atoms with Crippen LogP contribution in [0.25, 0.3) is 0 Å². The summed E-state index contributed by atoms with van der Waals surface area (Å²) in [6.07, 6.45) is 2.62. The Balaban J connectivity index is 3.91. The van der Waals surface area contributed by atoms with Gasteiger partial charge in [0, 0.05) is 25.6 Å². The van der Waals surface area contributed by atoms with Gasteiger partial charge in [-0.2, -0.15) is 0 Å². The molecular weight excluding hydrogens is 244 g/mol. The van der Waals surface area contributed by atoms with Gasteiger partial charge in [-0.3, -0.25) is 4.79 Å². The van der Waals surface area contributed by atoms with E-state index in [2.05, 4.69) is 12.2 Å². The first-order valence-electron chi connectivity index (χ1n) is 7.14. The number of hydrogen-bond donors (Lipinski definition) is 2. The first kappa shape index (κ1) is 17.7. The highest BCUT2D eigenvalue weighted by Crippen LogP contribution is 2.09. The minimum absolute atomic E-state index is 0.0257. The van der Waals surface area contributed by atoms with Crippen molar-refractivity contribution in [3.63, 3.8) is 0 Å². The van der Waals surface area contributed by atoms with Gasteiger partial charge in [-0.15, -0.1) is 0 Å². The van der Waals surface area contributed by atoms with E-state index in [-0.39, 0.29) is 18.5 Å². The molecule has 0 aromatic carbocycles. The summed E-state index contributed by atoms with van der Waals surface area (Å²) in [5.74, 6) is -0.445. The molecule has 5 nitrogen and oxygen atoms in total. The molecule has 0 spiro atoms. The largest absolute Gasteiger partial charge is 0.481 e. The highest BCUT2D eigenvalue weighted by molar-refractivity contribution is 5.74. The maximum Gasteiger partial charge on any atom is 0.317 e. The maximum atomic E-state index is 11.9. The van der Waals surface area contributed by atoms with Crippen LogP contribution in [-0.2, 0) is 4.79 Å². The van der Waals surface area contributed by atoms with Crippen molar-refractivity contribution in [3.8, 4) is 0 Å². The highest BCUT2D eigenvalue weighted by Gasteiger charge is 2.15. The molecule has 0 heterocycles. The van der Waals surface area contributed by atoms with Crippen molar-refractivity contribution in [1.82, 2.24) is 10.2 Å². The van der Waals surface area contributed by atoms with Crippen LogP contribution in [0.3, 0.4) is 0 Å². The van der Waals surface area contributed by atoms with Crippen molar-refractivity contribution in [2.24, 2.45) is 5.92 Å². The molecule has 1 unspecified atom stereocenters. The topological polar surface area (TPSA) is 69.6 Å². The van der Waals surface area contributed by atoms with E-state index in [1.54, 1.807) is 0 Å². The third kappa shape index (κ3) is 8.46. The van der Waals surface area contributed by atoms with Crippen molar-refractivity contribution >= 4 is 12.0 Å². The number of hydrogen-bond acceptors (Lipinski definition) is 2. The fraction of sp³-hybridized carbons (Fsp3) is 0.857. The van der Waals surface area contributed by atoms with Crippen molar-refractivity contribution in [2.75, 3.05) is 13.1 Å². The van der Waals surface area contributed by atoms with Crippen LogP contribution in [0.15, 0.2) is 0 Å². The van der Waals surface area contributed by atoms with E-state index in [0.717, 1.165) is 19.4 Å². The third-order valence-corrected chi connectivity index (χ3v) is 3.11. The molecule has 0 radical (unpaired) electrons. The smallest absolute Gasteiger partial charge is 0.317 e. The van der Waals surface area contributed by atoms with E-state index in [4.69, 9.17) is 5.11 Å². The number of aliphatic carboxylic acids is 1. The number of carbonyl (C=O) groups is 2. The number of rotatable bonds is 9. The number of amides is 2. The second kappa shape index (κ2) is 9.64. The summed E-state index contributed by atoms with van der Waals surface area (Å²) in [5, 5.41) is 11.5. The first-order chi connectivity index (χ1) is 8.88. The zero-order valence-electron chi connectivity index (χ0n) is 12.6. The molecule has 1 atom stereocenters. The minimum atomic E-state index is -0.759. The lowest BCUT2D eigenvalue weighted by atomic mass is 10.0. The second-order valence-corrected chi connectivity index (χ2v) is 5.35. The predicted molar refractivity (Wildman–Crippen MR) is 76.2 cm³/mol. The van der Waals surface area contributed by atoms with Crippen molar-refractivity contribution < 1.29 is 14.7 Å². The van der Waals surface area contributed by atoms with Crippen LogP contribution in [0.2, 0.25) is 0 Å². The number of carbonyl (C=O) groups excluding carboxylic acids is 1. The summed E-state index contributed by atoms with van der Waals surface area (Å²) in [6.45, 7) is 9.44. The normalized spacial score (nSPS) is 12.3. The van der Waals surface area contributed by atoms with Crippen LogP contribution in [0.1, 0.15) is 53.4 Å². The lowest BCUT2D eigenvalue weighted by Gasteiger charge is -2.26.